The summed E-state index contributed by atoms with van der Waals surface area (Å²) in [4.78, 5) is 2.00. The molecule has 0 aliphatic rings. The Labute approximate surface area is 78.3 Å². The van der Waals surface area contributed by atoms with Crippen molar-refractivity contribution in [1.29, 1.82) is 0 Å². The molecule has 0 aromatic carbocycles. The Balaban J connectivity index is -0.0000000910. The van der Waals surface area contributed by atoms with Gasteiger partial charge >= 0.3 is 0 Å². The van der Waals surface area contributed by atoms with Crippen molar-refractivity contribution in [3.8, 4) is 0 Å². The molecule has 1 radical (unpaired) electrons. The van der Waals surface area contributed by atoms with Crippen LogP contribution in [0.1, 0.15) is 13.8 Å². The van der Waals surface area contributed by atoms with E-state index in [1.807, 2.05) is 26.0 Å². The van der Waals surface area contributed by atoms with Crippen molar-refractivity contribution in [3.63, 3.8) is 0 Å². The third kappa shape index (κ3) is 68.7. The van der Waals surface area contributed by atoms with Crippen molar-refractivity contribution in [3.05, 3.63) is 0 Å². The molecule has 0 rings (SSSR count). The highest BCUT2D eigenvalue weighted by atomic mass is 35.5. The fraction of sp³-hybridized carbons (Fsp3) is 1.00. The first-order chi connectivity index (χ1) is 4.15. The Morgan fingerprint density at radius 1 is 1.00 bits per heavy atom. The second-order valence-electron chi connectivity index (χ2n) is 2.45. The third-order valence-electron chi connectivity index (χ3n) is 0.577. The third-order valence-corrected chi connectivity index (χ3v) is 1.73. The second kappa shape index (κ2) is 16.4. The first-order valence-corrected chi connectivity index (χ1v) is 5.21. The van der Waals surface area contributed by atoms with Crippen molar-refractivity contribution in [2.75, 3.05) is 21.1 Å². The zero-order chi connectivity index (χ0) is 7.70. The molecule has 0 fully saturated rings. The second-order valence-corrected chi connectivity index (χ2v) is 4.66. The van der Waals surface area contributed by atoms with Gasteiger partial charge in [0.25, 0.3) is 0 Å². The molecular formula is C7H20AlClN. The zero-order valence-electron chi connectivity index (χ0n) is 7.85. The van der Waals surface area contributed by atoms with Crippen LogP contribution >= 0.6 is 12.4 Å². The molecule has 0 aliphatic heterocycles. The van der Waals surface area contributed by atoms with Gasteiger partial charge in [-0.3, -0.25) is 0 Å². The average molecular weight is 181 g/mol. The fourth-order valence-electron chi connectivity index (χ4n) is 0.289. The van der Waals surface area contributed by atoms with E-state index in [0.717, 1.165) is 15.2 Å². The molecular weight excluding hydrogens is 161 g/mol. The van der Waals surface area contributed by atoms with Gasteiger partial charge in [-0.25, -0.2) is 0 Å². The van der Waals surface area contributed by atoms with Gasteiger partial charge in [-0.1, -0.05) is 13.8 Å². The monoisotopic (exact) mass is 180 g/mol. The van der Waals surface area contributed by atoms with E-state index in [1.54, 1.807) is 0 Å². The van der Waals surface area contributed by atoms with Crippen LogP contribution < -0.4 is 0 Å². The van der Waals surface area contributed by atoms with E-state index >= 15 is 0 Å². The first kappa shape index (κ1) is 17.0. The highest BCUT2D eigenvalue weighted by molar-refractivity contribution is 6.34. The standard InChI is InChI=1S/C3H9N.2C2H5.Al.ClH/c1-4(2)3;2*1-2;;/h1-3H3;2*1H2,2H3;;1H. The Bertz CT molecular complexity index is 37.8. The van der Waals surface area contributed by atoms with Crippen LogP contribution in [-0.4, -0.2) is 41.3 Å². The number of rotatable bonds is 2. The maximum atomic E-state index is 2.25. The Hall–Kier alpha value is 0.782. The van der Waals surface area contributed by atoms with E-state index < -0.39 is 0 Å². The number of nitrogens with zero attached hydrogens (tertiary/aromatic N) is 1. The van der Waals surface area contributed by atoms with Crippen molar-refractivity contribution in [2.24, 2.45) is 0 Å². The van der Waals surface area contributed by atoms with Gasteiger partial charge in [-0.05, 0) is 21.1 Å². The molecule has 1 nitrogen and oxygen atoms in total. The summed E-state index contributed by atoms with van der Waals surface area (Å²) >= 11 is 0.815. The summed E-state index contributed by atoms with van der Waals surface area (Å²) < 4.78 is 0. The predicted molar refractivity (Wildman–Crippen MR) is 53.6 cm³/mol. The molecule has 0 bridgehead atoms. The Kier molecular flexibility index (Phi) is 27.9. The molecule has 0 aromatic rings. The van der Waals surface area contributed by atoms with Gasteiger partial charge in [0.1, 0.15) is 0 Å². The van der Waals surface area contributed by atoms with E-state index in [9.17, 15) is 0 Å². The molecule has 0 aromatic heterocycles. The van der Waals surface area contributed by atoms with Gasteiger partial charge in [-0.15, -0.1) is 23.0 Å². The molecule has 0 N–H and O–H groups in total. The highest BCUT2D eigenvalue weighted by Gasteiger charge is 1.74. The van der Waals surface area contributed by atoms with Crippen LogP contribution in [0.5, 0.6) is 0 Å². The number of hydrogen-bond acceptors (Lipinski definition) is 1. The molecule has 0 aliphatic carbocycles. The molecule has 0 unspecified atom stereocenters. The van der Waals surface area contributed by atoms with E-state index in [4.69, 9.17) is 0 Å². The van der Waals surface area contributed by atoms with Crippen molar-refractivity contribution >= 4 is 27.6 Å². The minimum atomic E-state index is 0. The molecule has 0 saturated heterocycles. The average Bonchev–Trinajstić information content (AvgIpc) is 1.66. The fourth-order valence-corrected chi connectivity index (χ4v) is 0.866. The van der Waals surface area contributed by atoms with Gasteiger partial charge in [-0.2, -0.15) is 0 Å². The minimum absolute atomic E-state index is 0. The molecule has 3 heteroatoms. The first-order valence-electron chi connectivity index (χ1n) is 3.57. The van der Waals surface area contributed by atoms with Crippen LogP contribution in [0.25, 0.3) is 0 Å². The Morgan fingerprint density at radius 3 is 1.20 bits per heavy atom. The highest BCUT2D eigenvalue weighted by Crippen LogP contribution is 1.77. The van der Waals surface area contributed by atoms with E-state index in [2.05, 4.69) is 13.8 Å². The number of hydrogen-bond donors (Lipinski definition) is 0. The topological polar surface area (TPSA) is 3.24 Å². The van der Waals surface area contributed by atoms with Gasteiger partial charge in [0.15, 0.2) is 15.2 Å². The largest absolute Gasteiger partial charge is 0.312 e. The number of halogens is 1. The molecule has 0 spiro atoms. The summed E-state index contributed by atoms with van der Waals surface area (Å²) in [6.45, 7) is 4.50. The SMILES string of the molecule is CN(C)C.C[CH2][Al][CH2]C.Cl. The van der Waals surface area contributed by atoms with Crippen LogP contribution in [0, 0.1) is 0 Å². The predicted octanol–water partition coefficient (Wildman–Crippen LogP) is 2.17. The van der Waals surface area contributed by atoms with Crippen LogP contribution in [0.3, 0.4) is 0 Å². The summed E-state index contributed by atoms with van der Waals surface area (Å²) in [5.41, 5.74) is 0. The van der Waals surface area contributed by atoms with Crippen LogP contribution in [-0.2, 0) is 0 Å². The van der Waals surface area contributed by atoms with Gasteiger partial charge in [0.05, 0.1) is 0 Å². The van der Waals surface area contributed by atoms with Crippen LogP contribution in [0.15, 0.2) is 0 Å². The van der Waals surface area contributed by atoms with E-state index in [0.29, 0.717) is 0 Å². The molecule has 10 heavy (non-hydrogen) atoms. The Morgan fingerprint density at radius 2 is 1.20 bits per heavy atom. The van der Waals surface area contributed by atoms with E-state index in [-0.39, 0.29) is 12.4 Å². The van der Waals surface area contributed by atoms with Crippen LogP contribution in [0.4, 0.5) is 0 Å². The minimum Gasteiger partial charge on any atom is -0.312 e. The zero-order valence-corrected chi connectivity index (χ0v) is 9.82. The summed E-state index contributed by atoms with van der Waals surface area (Å²) in [6.07, 6.45) is 0. The molecule has 63 valence electrons. The lowest BCUT2D eigenvalue weighted by Gasteiger charge is -1.90. The molecule has 0 atom stereocenters. The normalized spacial score (nSPS) is 7.40. The lowest BCUT2D eigenvalue weighted by molar-refractivity contribution is 0.505. The van der Waals surface area contributed by atoms with Crippen molar-refractivity contribution in [2.45, 2.75) is 24.4 Å². The van der Waals surface area contributed by atoms with Gasteiger partial charge in [0, 0.05) is 0 Å². The van der Waals surface area contributed by atoms with Crippen molar-refractivity contribution in [1.82, 2.24) is 4.90 Å². The molecule has 0 saturated carbocycles. The van der Waals surface area contributed by atoms with Crippen molar-refractivity contribution < 1.29 is 0 Å². The maximum Gasteiger partial charge on any atom is 0.198 e. The van der Waals surface area contributed by atoms with Gasteiger partial charge in [0.2, 0.25) is 0 Å². The lowest BCUT2D eigenvalue weighted by Crippen LogP contribution is -1.99. The summed E-state index contributed by atoms with van der Waals surface area (Å²) in [7, 11) is 6.00. The maximum absolute atomic E-state index is 2.25. The summed E-state index contributed by atoms with van der Waals surface area (Å²) in [6, 6.07) is 0. The molecule has 0 amide bonds. The summed E-state index contributed by atoms with van der Waals surface area (Å²) in [5, 5.41) is 2.85. The smallest absolute Gasteiger partial charge is 0.198 e. The molecule has 0 heterocycles. The quantitative estimate of drug-likeness (QED) is 0.589. The summed E-state index contributed by atoms with van der Waals surface area (Å²) in [5.74, 6) is 0. The lowest BCUT2D eigenvalue weighted by atomic mass is 10.9. The van der Waals surface area contributed by atoms with E-state index in [1.165, 1.54) is 10.6 Å². The van der Waals surface area contributed by atoms with Crippen LogP contribution in [0.2, 0.25) is 10.6 Å². The van der Waals surface area contributed by atoms with Gasteiger partial charge < -0.3 is 4.90 Å².